The number of likely N-dealkylation sites (N-methyl/N-ethyl adjacent to an activating group) is 1. The number of aryl methyl sites for hydroxylation is 1. The van der Waals surface area contributed by atoms with Crippen molar-refractivity contribution >= 4 is 39.8 Å². The number of aliphatic hydroxyl groups excluding tert-OH is 1. The van der Waals surface area contributed by atoms with E-state index in [-0.39, 0.29) is 17.6 Å². The van der Waals surface area contributed by atoms with E-state index in [1.54, 1.807) is 13.2 Å². The van der Waals surface area contributed by atoms with E-state index in [4.69, 9.17) is 9.47 Å². The summed E-state index contributed by atoms with van der Waals surface area (Å²) in [4.78, 5) is 25.3. The third kappa shape index (κ3) is 5.07. The fourth-order valence-electron chi connectivity index (χ4n) is 3.48. The van der Waals surface area contributed by atoms with E-state index >= 15 is 0 Å². The third-order valence-corrected chi connectivity index (χ3v) is 7.35. The number of thiophene rings is 1. The summed E-state index contributed by atoms with van der Waals surface area (Å²) < 4.78 is 11.0. The van der Waals surface area contributed by atoms with Gasteiger partial charge in [0, 0.05) is 23.4 Å². The number of aromatic nitrogens is 2. The summed E-state index contributed by atoms with van der Waals surface area (Å²) in [6.45, 7) is 3.97. The molecule has 1 aromatic carbocycles. The van der Waals surface area contributed by atoms with Crippen LogP contribution in [0.5, 0.6) is 5.75 Å². The minimum absolute atomic E-state index is 0.00226. The normalized spacial score (nSPS) is 18.3. The maximum absolute atomic E-state index is 12.8. The average Bonchev–Trinajstić information content (AvgIpc) is 3.26. The van der Waals surface area contributed by atoms with Crippen LogP contribution in [-0.2, 0) is 4.74 Å². The average molecular weight is 460 g/mol. The lowest BCUT2D eigenvalue weighted by atomic mass is 10.1. The van der Waals surface area contributed by atoms with Gasteiger partial charge in [-0.2, -0.15) is 0 Å². The molecule has 1 aliphatic rings. The first-order valence-electron chi connectivity index (χ1n) is 10.0. The highest BCUT2D eigenvalue weighted by Crippen LogP contribution is 2.32. The first-order chi connectivity index (χ1) is 14.9. The van der Waals surface area contributed by atoms with Gasteiger partial charge in [0.25, 0.3) is 0 Å². The monoisotopic (exact) mass is 459 g/mol. The maximum Gasteiger partial charge on any atom is 0.183 e. The molecule has 1 N–H and O–H groups in total. The fraction of sp³-hybridized carbons (Fsp3) is 0.409. The lowest BCUT2D eigenvalue weighted by Crippen LogP contribution is -2.42. The number of aliphatic hydroxyl groups is 1. The Hall–Kier alpha value is -2.04. The molecule has 164 valence electrons. The van der Waals surface area contributed by atoms with Crippen LogP contribution in [0.25, 0.3) is 10.9 Å². The van der Waals surface area contributed by atoms with Crippen molar-refractivity contribution in [2.24, 2.45) is 0 Å². The van der Waals surface area contributed by atoms with Crippen LogP contribution in [0, 0.1) is 6.92 Å². The van der Waals surface area contributed by atoms with Crippen LogP contribution in [0.4, 0.5) is 0 Å². The number of Topliss-reactive ketones (excluding diaryl/α,β-unsaturated/α-hetero) is 1. The molecule has 1 saturated heterocycles. The van der Waals surface area contributed by atoms with Crippen LogP contribution in [0.2, 0.25) is 0 Å². The zero-order chi connectivity index (χ0) is 22.0. The molecule has 0 saturated carbocycles. The van der Waals surface area contributed by atoms with Crippen molar-refractivity contribution in [2.45, 2.75) is 24.2 Å². The second-order valence-electron chi connectivity index (χ2n) is 7.49. The molecule has 0 amide bonds. The van der Waals surface area contributed by atoms with Crippen LogP contribution in [0.1, 0.15) is 26.5 Å². The van der Waals surface area contributed by atoms with Gasteiger partial charge in [-0.1, -0.05) is 11.8 Å². The van der Waals surface area contributed by atoms with Crippen LogP contribution in [0.3, 0.4) is 0 Å². The first kappa shape index (κ1) is 22.2. The van der Waals surface area contributed by atoms with E-state index in [2.05, 4.69) is 14.9 Å². The van der Waals surface area contributed by atoms with Crippen molar-refractivity contribution in [1.82, 2.24) is 14.9 Å². The van der Waals surface area contributed by atoms with E-state index in [0.717, 1.165) is 33.1 Å². The minimum atomic E-state index is -0.733. The zero-order valence-corrected chi connectivity index (χ0v) is 19.3. The fourth-order valence-corrected chi connectivity index (χ4v) is 5.49. The number of thioether (sulfide) groups is 1. The van der Waals surface area contributed by atoms with E-state index in [0.29, 0.717) is 23.9 Å². The van der Waals surface area contributed by atoms with E-state index in [1.807, 2.05) is 38.2 Å². The summed E-state index contributed by atoms with van der Waals surface area (Å²) in [5.74, 6) is 1.64. The number of hydrogen-bond donors (Lipinski definition) is 1. The van der Waals surface area contributed by atoms with Crippen LogP contribution in [-0.4, -0.2) is 71.5 Å². The molecule has 0 bridgehead atoms. The molecule has 0 unspecified atom stereocenters. The molecule has 3 aromatic rings. The molecule has 0 radical (unpaired) electrons. The topological polar surface area (TPSA) is 84.8 Å². The van der Waals surface area contributed by atoms with Gasteiger partial charge in [0.05, 0.1) is 29.9 Å². The van der Waals surface area contributed by atoms with Gasteiger partial charge in [-0.3, -0.25) is 4.79 Å². The molecular weight excluding hydrogens is 434 g/mol. The van der Waals surface area contributed by atoms with Gasteiger partial charge in [-0.15, -0.1) is 11.3 Å². The molecule has 0 aliphatic carbocycles. The van der Waals surface area contributed by atoms with Crippen molar-refractivity contribution in [2.75, 3.05) is 39.6 Å². The van der Waals surface area contributed by atoms with Gasteiger partial charge in [0.2, 0.25) is 0 Å². The Bertz CT molecular complexity index is 1090. The van der Waals surface area contributed by atoms with Crippen molar-refractivity contribution in [1.29, 1.82) is 0 Å². The second kappa shape index (κ2) is 9.62. The van der Waals surface area contributed by atoms with E-state index in [9.17, 15) is 9.90 Å². The van der Waals surface area contributed by atoms with Crippen molar-refractivity contribution in [3.63, 3.8) is 0 Å². The number of carbonyl (C=O) groups is 1. The number of rotatable bonds is 7. The standard InChI is InChI=1S/C22H25N3O4S2/c1-13-23-16-5-4-14(28-3)10-15(16)22(24-13)30-12-17(26)19-6-7-20(31-19)21(27)18-11-25(2)8-9-29-18/h4-7,10,18,21,27H,8-9,11-12H2,1-3H3/t18-,21-/m1/s1. The second-order valence-corrected chi connectivity index (χ2v) is 9.57. The lowest BCUT2D eigenvalue weighted by molar-refractivity contribution is -0.0833. The third-order valence-electron chi connectivity index (χ3n) is 5.16. The predicted molar refractivity (Wildman–Crippen MR) is 122 cm³/mol. The minimum Gasteiger partial charge on any atom is -0.497 e. The summed E-state index contributed by atoms with van der Waals surface area (Å²) in [6.07, 6.45) is -1.01. The molecule has 1 aliphatic heterocycles. The van der Waals surface area contributed by atoms with Gasteiger partial charge >= 0.3 is 0 Å². The molecule has 0 spiro atoms. The SMILES string of the molecule is COc1ccc2nc(C)nc(SCC(=O)c3ccc([C@H](O)[C@H]4CN(C)CCO4)s3)c2c1. The number of hydrogen-bond acceptors (Lipinski definition) is 9. The predicted octanol–water partition coefficient (Wildman–Crippen LogP) is 3.35. The molecule has 2 aromatic heterocycles. The summed E-state index contributed by atoms with van der Waals surface area (Å²) in [7, 11) is 3.63. The van der Waals surface area contributed by atoms with E-state index in [1.165, 1.54) is 23.1 Å². The molecule has 31 heavy (non-hydrogen) atoms. The quantitative estimate of drug-likeness (QED) is 0.327. The van der Waals surface area contributed by atoms with Crippen molar-refractivity contribution < 1.29 is 19.4 Å². The zero-order valence-electron chi connectivity index (χ0n) is 17.7. The summed E-state index contributed by atoms with van der Waals surface area (Å²) >= 11 is 2.72. The van der Waals surface area contributed by atoms with Gasteiger partial charge in [-0.05, 0) is 44.3 Å². The Balaban J connectivity index is 1.46. The number of ether oxygens (including phenoxy) is 2. The highest BCUT2D eigenvalue weighted by molar-refractivity contribution is 8.00. The number of ketones is 1. The molecule has 2 atom stereocenters. The summed E-state index contributed by atoms with van der Waals surface area (Å²) in [5, 5.41) is 12.3. The molecular formula is C22H25N3O4S2. The van der Waals surface area contributed by atoms with E-state index < -0.39 is 6.10 Å². The number of methoxy groups -OCH3 is 1. The molecule has 1 fully saturated rings. The van der Waals surface area contributed by atoms with Crippen molar-refractivity contribution in [3.05, 3.63) is 45.9 Å². The Morgan fingerprint density at radius 1 is 1.39 bits per heavy atom. The number of carbonyl (C=O) groups excluding carboxylic acids is 1. The van der Waals surface area contributed by atoms with Crippen LogP contribution < -0.4 is 4.74 Å². The van der Waals surface area contributed by atoms with Crippen molar-refractivity contribution in [3.8, 4) is 5.75 Å². The molecule has 3 heterocycles. The summed E-state index contributed by atoms with van der Waals surface area (Å²) in [5.41, 5.74) is 0.822. The van der Waals surface area contributed by atoms with Crippen LogP contribution >= 0.6 is 23.1 Å². The number of fused-ring (bicyclic) bond motifs is 1. The maximum atomic E-state index is 12.8. The van der Waals surface area contributed by atoms with Crippen LogP contribution in [0.15, 0.2) is 35.4 Å². The van der Waals surface area contributed by atoms with Gasteiger partial charge in [0.15, 0.2) is 5.78 Å². The Morgan fingerprint density at radius 2 is 2.23 bits per heavy atom. The van der Waals surface area contributed by atoms with Gasteiger partial charge in [0.1, 0.15) is 28.8 Å². The first-order valence-corrected chi connectivity index (χ1v) is 11.8. The largest absolute Gasteiger partial charge is 0.497 e. The van der Waals surface area contributed by atoms with Gasteiger partial charge < -0.3 is 19.5 Å². The number of benzene rings is 1. The lowest BCUT2D eigenvalue weighted by Gasteiger charge is -2.32. The Morgan fingerprint density at radius 3 is 3.00 bits per heavy atom. The Kier molecular flexibility index (Phi) is 6.88. The van der Waals surface area contributed by atoms with Gasteiger partial charge in [-0.25, -0.2) is 9.97 Å². The molecule has 4 rings (SSSR count). The highest BCUT2D eigenvalue weighted by Gasteiger charge is 2.28. The number of nitrogens with zero attached hydrogens (tertiary/aromatic N) is 3. The smallest absolute Gasteiger partial charge is 0.183 e. The summed E-state index contributed by atoms with van der Waals surface area (Å²) in [6, 6.07) is 9.25. The molecule has 7 nitrogen and oxygen atoms in total. The number of morpholine rings is 1. The molecule has 9 heteroatoms. The highest BCUT2D eigenvalue weighted by atomic mass is 32.2. The Labute approximate surface area is 189 Å².